The van der Waals surface area contributed by atoms with E-state index in [1.165, 1.54) is 6.26 Å². The van der Waals surface area contributed by atoms with E-state index in [-0.39, 0.29) is 12.0 Å². The lowest BCUT2D eigenvalue weighted by atomic mass is 10.1. The first-order valence-corrected chi connectivity index (χ1v) is 11.1. The molecule has 4 rings (SSSR count). The van der Waals surface area contributed by atoms with Crippen LogP contribution in [-0.4, -0.2) is 55.5 Å². The first-order valence-electron chi connectivity index (χ1n) is 10.7. The van der Waals surface area contributed by atoms with Gasteiger partial charge in [0.1, 0.15) is 5.75 Å². The largest absolute Gasteiger partial charge is 0.497 e. The number of furan rings is 1. The molecule has 2 heterocycles. The summed E-state index contributed by atoms with van der Waals surface area (Å²) in [5, 5.41) is 0.696. The Morgan fingerprint density at radius 1 is 1.06 bits per heavy atom. The van der Waals surface area contributed by atoms with Crippen molar-refractivity contribution < 1.29 is 18.7 Å². The van der Waals surface area contributed by atoms with Gasteiger partial charge in [0.2, 0.25) is 0 Å². The Balaban J connectivity index is 1.41. The summed E-state index contributed by atoms with van der Waals surface area (Å²) in [5.41, 5.74) is 2.08. The zero-order valence-electron chi connectivity index (χ0n) is 18.1. The lowest BCUT2D eigenvalue weighted by molar-refractivity contribution is 0.00301. The fourth-order valence-electron chi connectivity index (χ4n) is 3.84. The van der Waals surface area contributed by atoms with Gasteiger partial charge in [-0.25, -0.2) is 0 Å². The molecule has 0 spiro atoms. The van der Waals surface area contributed by atoms with Crippen LogP contribution in [0.3, 0.4) is 0 Å². The number of hydrogen-bond donors (Lipinski definition) is 0. The van der Waals surface area contributed by atoms with Gasteiger partial charge in [0.05, 0.1) is 26.1 Å². The van der Waals surface area contributed by atoms with E-state index in [0.717, 1.165) is 36.5 Å². The maximum Gasteiger partial charge on any atom is 0.289 e. The van der Waals surface area contributed by atoms with Crippen LogP contribution >= 0.6 is 11.6 Å². The van der Waals surface area contributed by atoms with Crippen LogP contribution in [0.1, 0.15) is 27.8 Å². The third-order valence-corrected chi connectivity index (χ3v) is 5.86. The fraction of sp³-hybridized carbons (Fsp3) is 0.320. The van der Waals surface area contributed by atoms with Crippen LogP contribution in [0.15, 0.2) is 71.3 Å². The number of ether oxygens (including phenoxy) is 2. The number of nitrogens with zero attached hydrogens (tertiary/aromatic N) is 2. The summed E-state index contributed by atoms with van der Waals surface area (Å²) in [5.74, 6) is 1.13. The van der Waals surface area contributed by atoms with E-state index in [9.17, 15) is 4.79 Å². The lowest BCUT2D eigenvalue weighted by Crippen LogP contribution is -2.49. The van der Waals surface area contributed by atoms with E-state index in [1.807, 2.05) is 47.4 Å². The third kappa shape index (κ3) is 5.71. The van der Waals surface area contributed by atoms with Crippen molar-refractivity contribution in [1.82, 2.24) is 9.80 Å². The molecule has 0 unspecified atom stereocenters. The standard InChI is InChI=1S/C25H27ClN2O4/c1-30-22-8-3-6-20(16-22)24(32-18-19-5-2-7-21(26)15-19)17-27-10-12-28(13-11-27)25(29)23-9-4-14-31-23/h2-9,14-16,24H,10-13,17-18H2,1H3/t24-/m1/s1. The molecule has 1 aliphatic heterocycles. The Morgan fingerprint density at radius 3 is 2.59 bits per heavy atom. The molecular weight excluding hydrogens is 428 g/mol. The number of piperazine rings is 1. The zero-order valence-corrected chi connectivity index (χ0v) is 18.8. The smallest absolute Gasteiger partial charge is 0.289 e. The number of methoxy groups -OCH3 is 1. The van der Waals surface area contributed by atoms with Gasteiger partial charge in [-0.15, -0.1) is 0 Å². The number of amides is 1. The minimum atomic E-state index is -0.142. The first kappa shape index (κ1) is 22.4. The number of carbonyl (C=O) groups is 1. The van der Waals surface area contributed by atoms with Crippen LogP contribution in [0.4, 0.5) is 0 Å². The van der Waals surface area contributed by atoms with Gasteiger partial charge < -0.3 is 18.8 Å². The molecule has 1 aliphatic rings. The van der Waals surface area contributed by atoms with E-state index < -0.39 is 0 Å². The Labute approximate surface area is 193 Å². The molecular formula is C25H27ClN2O4. The van der Waals surface area contributed by atoms with Gasteiger partial charge in [0.15, 0.2) is 5.76 Å². The molecule has 1 atom stereocenters. The summed E-state index contributed by atoms with van der Waals surface area (Å²) in [4.78, 5) is 16.7. The summed E-state index contributed by atoms with van der Waals surface area (Å²) >= 11 is 6.13. The molecule has 1 fully saturated rings. The van der Waals surface area contributed by atoms with E-state index in [1.54, 1.807) is 19.2 Å². The third-order valence-electron chi connectivity index (χ3n) is 5.62. The van der Waals surface area contributed by atoms with E-state index in [0.29, 0.717) is 30.5 Å². The maximum absolute atomic E-state index is 12.5. The number of benzene rings is 2. The average Bonchev–Trinajstić information content (AvgIpc) is 3.37. The molecule has 3 aromatic rings. The molecule has 168 valence electrons. The zero-order chi connectivity index (χ0) is 22.3. The van der Waals surface area contributed by atoms with Crippen LogP contribution in [-0.2, 0) is 11.3 Å². The van der Waals surface area contributed by atoms with E-state index >= 15 is 0 Å². The summed E-state index contributed by atoms with van der Waals surface area (Å²) in [6.07, 6.45) is 1.39. The molecule has 0 N–H and O–H groups in total. The molecule has 0 saturated carbocycles. The fourth-order valence-corrected chi connectivity index (χ4v) is 4.06. The molecule has 0 bridgehead atoms. The number of rotatable bonds is 8. The van der Waals surface area contributed by atoms with Gasteiger partial charge in [-0.1, -0.05) is 35.9 Å². The van der Waals surface area contributed by atoms with Crippen LogP contribution < -0.4 is 4.74 Å². The molecule has 1 aromatic heterocycles. The monoisotopic (exact) mass is 454 g/mol. The second-order valence-corrected chi connectivity index (χ2v) is 8.21. The molecule has 2 aromatic carbocycles. The van der Waals surface area contributed by atoms with Crippen molar-refractivity contribution in [3.63, 3.8) is 0 Å². The Kier molecular flexibility index (Phi) is 7.47. The summed E-state index contributed by atoms with van der Waals surface area (Å²) in [6, 6.07) is 19.1. The predicted octanol–water partition coefficient (Wildman–Crippen LogP) is 4.66. The highest BCUT2D eigenvalue weighted by atomic mass is 35.5. The minimum absolute atomic E-state index is 0.0591. The van der Waals surface area contributed by atoms with Crippen molar-refractivity contribution in [3.8, 4) is 5.75 Å². The van der Waals surface area contributed by atoms with Gasteiger partial charge in [-0.3, -0.25) is 9.69 Å². The Morgan fingerprint density at radius 2 is 1.88 bits per heavy atom. The normalized spacial score (nSPS) is 15.5. The van der Waals surface area contributed by atoms with Crippen LogP contribution in [0, 0.1) is 0 Å². The van der Waals surface area contributed by atoms with Crippen molar-refractivity contribution in [3.05, 3.63) is 88.8 Å². The number of carbonyl (C=O) groups excluding carboxylic acids is 1. The van der Waals surface area contributed by atoms with Crippen LogP contribution in [0.5, 0.6) is 5.75 Å². The predicted molar refractivity (Wildman–Crippen MR) is 123 cm³/mol. The highest BCUT2D eigenvalue weighted by Gasteiger charge is 2.26. The SMILES string of the molecule is COc1cccc([C@@H](CN2CCN(C(=O)c3ccco3)CC2)OCc2cccc(Cl)c2)c1. The van der Waals surface area contributed by atoms with Crippen molar-refractivity contribution in [2.24, 2.45) is 0 Å². The quantitative estimate of drug-likeness (QED) is 0.495. The van der Waals surface area contributed by atoms with Gasteiger partial charge in [-0.05, 0) is 47.5 Å². The second-order valence-electron chi connectivity index (χ2n) is 7.78. The van der Waals surface area contributed by atoms with Crippen LogP contribution in [0.2, 0.25) is 5.02 Å². The van der Waals surface area contributed by atoms with Gasteiger partial charge >= 0.3 is 0 Å². The molecule has 32 heavy (non-hydrogen) atoms. The summed E-state index contributed by atoms with van der Waals surface area (Å²) in [6.45, 7) is 4.02. The van der Waals surface area contributed by atoms with Crippen molar-refractivity contribution in [2.45, 2.75) is 12.7 Å². The van der Waals surface area contributed by atoms with Crippen molar-refractivity contribution >= 4 is 17.5 Å². The highest BCUT2D eigenvalue weighted by Crippen LogP contribution is 2.25. The first-order chi connectivity index (χ1) is 15.6. The topological polar surface area (TPSA) is 55.2 Å². The molecule has 7 heteroatoms. The van der Waals surface area contributed by atoms with E-state index in [4.69, 9.17) is 25.5 Å². The van der Waals surface area contributed by atoms with Crippen molar-refractivity contribution in [1.29, 1.82) is 0 Å². The Hall–Kier alpha value is -2.80. The molecule has 6 nitrogen and oxygen atoms in total. The van der Waals surface area contributed by atoms with Crippen molar-refractivity contribution in [2.75, 3.05) is 39.8 Å². The number of halogens is 1. The molecule has 0 radical (unpaired) electrons. The van der Waals surface area contributed by atoms with Gasteiger partial charge in [0, 0.05) is 37.7 Å². The number of hydrogen-bond acceptors (Lipinski definition) is 5. The summed E-state index contributed by atoms with van der Waals surface area (Å²) < 4.78 is 17.0. The van der Waals surface area contributed by atoms with Gasteiger partial charge in [0.25, 0.3) is 5.91 Å². The van der Waals surface area contributed by atoms with E-state index in [2.05, 4.69) is 11.0 Å². The van der Waals surface area contributed by atoms with Crippen LogP contribution in [0.25, 0.3) is 0 Å². The highest BCUT2D eigenvalue weighted by molar-refractivity contribution is 6.30. The molecule has 1 saturated heterocycles. The molecule has 1 amide bonds. The maximum atomic E-state index is 12.5. The Bertz CT molecular complexity index is 1020. The molecule has 0 aliphatic carbocycles. The summed E-state index contributed by atoms with van der Waals surface area (Å²) in [7, 11) is 1.66. The second kappa shape index (κ2) is 10.7. The minimum Gasteiger partial charge on any atom is -0.497 e. The lowest BCUT2D eigenvalue weighted by Gasteiger charge is -2.36. The average molecular weight is 455 g/mol. The van der Waals surface area contributed by atoms with Gasteiger partial charge in [-0.2, -0.15) is 0 Å².